The molecule has 0 bridgehead atoms. The number of carboxylic acids is 1. The lowest BCUT2D eigenvalue weighted by molar-refractivity contribution is -0.148. The van der Waals surface area contributed by atoms with E-state index in [1.807, 2.05) is 0 Å². The Morgan fingerprint density at radius 1 is 1.39 bits per heavy atom. The molecule has 0 saturated heterocycles. The fraction of sp³-hybridized carbons (Fsp3) is 0.333. The molecular weight excluding hydrogens is 368 g/mol. The average molecular weight is 380 g/mol. The number of benzene rings is 1. The standard InChI is InChI=1S/C12H12Br2O4/c1-12(2,11(16)17)6-18-10-8(13)3-7(5-15)4-9(10)14/h3-5H,6H2,1-2H3,(H,16,17). The van der Waals surface area contributed by atoms with Gasteiger partial charge in [-0.2, -0.15) is 0 Å². The van der Waals surface area contributed by atoms with Crippen LogP contribution in [-0.4, -0.2) is 24.0 Å². The molecule has 1 aromatic rings. The van der Waals surface area contributed by atoms with E-state index in [-0.39, 0.29) is 6.61 Å². The summed E-state index contributed by atoms with van der Waals surface area (Å²) in [7, 11) is 0. The number of carboxylic acid groups (broad SMARTS) is 1. The van der Waals surface area contributed by atoms with Crippen LogP contribution in [0.15, 0.2) is 21.1 Å². The first-order chi connectivity index (χ1) is 8.27. The Labute approximate surface area is 122 Å². The van der Waals surface area contributed by atoms with Crippen molar-refractivity contribution in [3.8, 4) is 5.75 Å². The maximum atomic E-state index is 11.0. The molecular formula is C12H12Br2O4. The van der Waals surface area contributed by atoms with E-state index in [0.717, 1.165) is 6.29 Å². The number of halogens is 2. The highest BCUT2D eigenvalue weighted by atomic mass is 79.9. The van der Waals surface area contributed by atoms with E-state index < -0.39 is 11.4 Å². The zero-order valence-corrected chi connectivity index (χ0v) is 13.0. The molecule has 0 heterocycles. The lowest BCUT2D eigenvalue weighted by Crippen LogP contribution is -2.30. The number of carbonyl (C=O) groups is 2. The molecule has 0 aromatic heterocycles. The van der Waals surface area contributed by atoms with Crippen LogP contribution in [0.2, 0.25) is 0 Å². The van der Waals surface area contributed by atoms with Crippen LogP contribution in [0.5, 0.6) is 5.75 Å². The minimum Gasteiger partial charge on any atom is -0.490 e. The Balaban J connectivity index is 2.93. The quantitative estimate of drug-likeness (QED) is 0.795. The first-order valence-corrected chi connectivity index (χ1v) is 6.67. The van der Waals surface area contributed by atoms with Crippen LogP contribution in [0.1, 0.15) is 24.2 Å². The highest BCUT2D eigenvalue weighted by Gasteiger charge is 2.28. The molecule has 0 spiro atoms. The molecule has 0 aliphatic heterocycles. The van der Waals surface area contributed by atoms with Crippen LogP contribution >= 0.6 is 31.9 Å². The second-order valence-corrected chi connectivity index (χ2v) is 6.12. The molecule has 0 aliphatic rings. The molecule has 4 nitrogen and oxygen atoms in total. The van der Waals surface area contributed by atoms with Crippen molar-refractivity contribution in [2.75, 3.05) is 6.61 Å². The van der Waals surface area contributed by atoms with Crippen molar-refractivity contribution in [1.29, 1.82) is 0 Å². The summed E-state index contributed by atoms with van der Waals surface area (Å²) in [5.74, 6) is -0.450. The van der Waals surface area contributed by atoms with Crippen molar-refractivity contribution in [3.63, 3.8) is 0 Å². The Kier molecular flexibility index (Phi) is 4.92. The van der Waals surface area contributed by atoms with E-state index in [1.54, 1.807) is 26.0 Å². The van der Waals surface area contributed by atoms with Crippen LogP contribution in [0.3, 0.4) is 0 Å². The van der Waals surface area contributed by atoms with Crippen LogP contribution in [0, 0.1) is 5.41 Å². The average Bonchev–Trinajstić information content (AvgIpc) is 2.27. The number of rotatable bonds is 5. The molecule has 0 amide bonds. The molecule has 1 aromatic carbocycles. The van der Waals surface area contributed by atoms with Crippen molar-refractivity contribution in [2.24, 2.45) is 5.41 Å². The summed E-state index contributed by atoms with van der Waals surface area (Å²) in [5.41, 5.74) is -0.485. The third kappa shape index (κ3) is 3.55. The van der Waals surface area contributed by atoms with Crippen LogP contribution in [-0.2, 0) is 4.79 Å². The van der Waals surface area contributed by atoms with Gasteiger partial charge < -0.3 is 9.84 Å². The van der Waals surface area contributed by atoms with Gasteiger partial charge in [0.25, 0.3) is 0 Å². The molecule has 1 rings (SSSR count). The van der Waals surface area contributed by atoms with Gasteiger partial charge in [0.05, 0.1) is 14.4 Å². The van der Waals surface area contributed by atoms with Crippen molar-refractivity contribution >= 4 is 44.1 Å². The fourth-order valence-electron chi connectivity index (χ4n) is 1.10. The molecule has 18 heavy (non-hydrogen) atoms. The Morgan fingerprint density at radius 3 is 2.28 bits per heavy atom. The number of ether oxygens (including phenoxy) is 1. The normalized spacial score (nSPS) is 11.1. The monoisotopic (exact) mass is 378 g/mol. The van der Waals surface area contributed by atoms with Gasteiger partial charge in [-0.05, 0) is 57.8 Å². The Hall–Kier alpha value is -0.880. The highest BCUT2D eigenvalue weighted by molar-refractivity contribution is 9.11. The van der Waals surface area contributed by atoms with Gasteiger partial charge in [0.2, 0.25) is 0 Å². The molecule has 98 valence electrons. The molecule has 0 atom stereocenters. The second kappa shape index (κ2) is 5.84. The maximum Gasteiger partial charge on any atom is 0.312 e. The van der Waals surface area contributed by atoms with E-state index in [4.69, 9.17) is 9.84 Å². The molecule has 0 fully saturated rings. The zero-order chi connectivity index (χ0) is 13.9. The first-order valence-electron chi connectivity index (χ1n) is 5.08. The summed E-state index contributed by atoms with van der Waals surface area (Å²) in [4.78, 5) is 21.6. The van der Waals surface area contributed by atoms with Gasteiger partial charge in [-0.3, -0.25) is 9.59 Å². The summed E-state index contributed by atoms with van der Waals surface area (Å²) >= 11 is 6.56. The van der Waals surface area contributed by atoms with E-state index in [1.165, 1.54) is 0 Å². The third-order valence-electron chi connectivity index (χ3n) is 2.31. The fourth-order valence-corrected chi connectivity index (χ4v) is 2.55. The lowest BCUT2D eigenvalue weighted by Gasteiger charge is -2.20. The predicted molar refractivity (Wildman–Crippen MR) is 74.1 cm³/mol. The lowest BCUT2D eigenvalue weighted by atomic mass is 9.95. The number of aliphatic carboxylic acids is 1. The number of carbonyl (C=O) groups excluding carboxylic acids is 1. The van der Waals surface area contributed by atoms with Gasteiger partial charge in [-0.25, -0.2) is 0 Å². The van der Waals surface area contributed by atoms with Crippen molar-refractivity contribution in [2.45, 2.75) is 13.8 Å². The van der Waals surface area contributed by atoms with Crippen LogP contribution in [0.25, 0.3) is 0 Å². The maximum absolute atomic E-state index is 11.0. The van der Waals surface area contributed by atoms with E-state index in [9.17, 15) is 9.59 Å². The van der Waals surface area contributed by atoms with Crippen molar-refractivity contribution in [1.82, 2.24) is 0 Å². The van der Waals surface area contributed by atoms with Gasteiger partial charge in [0.15, 0.2) is 0 Å². The molecule has 0 unspecified atom stereocenters. The molecule has 0 aliphatic carbocycles. The van der Waals surface area contributed by atoms with Gasteiger partial charge >= 0.3 is 5.97 Å². The zero-order valence-electron chi connectivity index (χ0n) is 9.87. The number of hydrogen-bond donors (Lipinski definition) is 1. The highest BCUT2D eigenvalue weighted by Crippen LogP contribution is 2.35. The van der Waals surface area contributed by atoms with Gasteiger partial charge in [-0.15, -0.1) is 0 Å². The van der Waals surface area contributed by atoms with Crippen molar-refractivity contribution in [3.05, 3.63) is 26.6 Å². The molecule has 0 saturated carbocycles. The van der Waals surface area contributed by atoms with Crippen LogP contribution < -0.4 is 4.74 Å². The molecule has 1 N–H and O–H groups in total. The van der Waals surface area contributed by atoms with Gasteiger partial charge in [0.1, 0.15) is 18.6 Å². The minimum atomic E-state index is -0.984. The Morgan fingerprint density at radius 2 is 1.89 bits per heavy atom. The SMILES string of the molecule is CC(C)(COc1c(Br)cc(C=O)cc1Br)C(=O)O. The largest absolute Gasteiger partial charge is 0.490 e. The minimum absolute atomic E-state index is 0.0277. The topological polar surface area (TPSA) is 63.6 Å². The summed E-state index contributed by atoms with van der Waals surface area (Å²) in [5, 5.41) is 8.99. The van der Waals surface area contributed by atoms with E-state index in [2.05, 4.69) is 31.9 Å². The van der Waals surface area contributed by atoms with Gasteiger partial charge in [0, 0.05) is 5.56 Å². The second-order valence-electron chi connectivity index (χ2n) is 4.41. The summed E-state index contributed by atoms with van der Waals surface area (Å²) < 4.78 is 6.70. The summed E-state index contributed by atoms with van der Waals surface area (Å²) in [6, 6.07) is 3.22. The van der Waals surface area contributed by atoms with Crippen molar-refractivity contribution < 1.29 is 19.4 Å². The predicted octanol–water partition coefficient (Wildman–Crippen LogP) is 3.51. The Bertz CT molecular complexity index is 460. The smallest absolute Gasteiger partial charge is 0.312 e. The summed E-state index contributed by atoms with van der Waals surface area (Å²) in [6.45, 7) is 3.19. The summed E-state index contributed by atoms with van der Waals surface area (Å²) in [6.07, 6.45) is 0.723. The third-order valence-corrected chi connectivity index (χ3v) is 3.49. The molecule has 0 radical (unpaired) electrons. The first kappa shape index (κ1) is 15.2. The van der Waals surface area contributed by atoms with Gasteiger partial charge in [-0.1, -0.05) is 0 Å². The number of aldehydes is 1. The molecule has 6 heteroatoms. The van der Waals surface area contributed by atoms with E-state index >= 15 is 0 Å². The van der Waals surface area contributed by atoms with E-state index in [0.29, 0.717) is 20.3 Å². The van der Waals surface area contributed by atoms with Crippen LogP contribution in [0.4, 0.5) is 0 Å². The number of hydrogen-bond acceptors (Lipinski definition) is 3.